The van der Waals surface area contributed by atoms with Crippen LogP contribution >= 0.6 is 11.3 Å². The Morgan fingerprint density at radius 1 is 1.03 bits per heavy atom. The van der Waals surface area contributed by atoms with Gasteiger partial charge in [-0.1, -0.05) is 30.3 Å². The molecule has 4 rings (SSSR count). The van der Waals surface area contributed by atoms with Gasteiger partial charge in [0.15, 0.2) is 0 Å². The molecule has 0 unspecified atom stereocenters. The number of benzene rings is 2. The molecule has 0 aliphatic heterocycles. The first-order chi connectivity index (χ1) is 14.3. The quantitative estimate of drug-likeness (QED) is 0.508. The second-order valence-electron chi connectivity index (χ2n) is 6.46. The van der Waals surface area contributed by atoms with E-state index in [2.05, 4.69) is 10.4 Å². The van der Waals surface area contributed by atoms with E-state index < -0.39 is 29.8 Å². The molecule has 0 aliphatic carbocycles. The predicted octanol–water partition coefficient (Wildman–Crippen LogP) is 4.78. The van der Waals surface area contributed by atoms with Crippen LogP contribution in [-0.2, 0) is 17.5 Å². The number of amides is 1. The van der Waals surface area contributed by atoms with Crippen LogP contribution in [0, 0.1) is 0 Å². The molecule has 0 spiro atoms. The van der Waals surface area contributed by atoms with E-state index in [0.717, 1.165) is 21.7 Å². The molecular formula is C21H14F3N3O2S. The Morgan fingerprint density at radius 2 is 1.80 bits per heavy atom. The lowest BCUT2D eigenvalue weighted by molar-refractivity contribution is -0.137. The maximum atomic E-state index is 12.9. The van der Waals surface area contributed by atoms with Gasteiger partial charge in [0.2, 0.25) is 5.91 Å². The minimum Gasteiger partial charge on any atom is -0.324 e. The van der Waals surface area contributed by atoms with E-state index >= 15 is 0 Å². The summed E-state index contributed by atoms with van der Waals surface area (Å²) in [5.41, 5.74) is -0.777. The van der Waals surface area contributed by atoms with Crippen LogP contribution in [0.3, 0.4) is 0 Å². The number of nitrogens with one attached hydrogen (secondary N) is 1. The SMILES string of the molecule is O=C(Cn1nc(-c2cccs2)c2ccccc2c1=O)Nc1cccc(C(F)(F)F)c1. The first kappa shape index (κ1) is 19.8. The summed E-state index contributed by atoms with van der Waals surface area (Å²) in [6.07, 6.45) is -4.52. The number of anilines is 1. The van der Waals surface area contributed by atoms with Crippen molar-refractivity contribution in [2.75, 3.05) is 5.32 Å². The van der Waals surface area contributed by atoms with Crippen molar-refractivity contribution in [1.82, 2.24) is 9.78 Å². The zero-order valence-corrected chi connectivity index (χ0v) is 16.1. The van der Waals surface area contributed by atoms with E-state index in [1.165, 1.54) is 23.5 Å². The highest BCUT2D eigenvalue weighted by atomic mass is 32.1. The zero-order valence-electron chi connectivity index (χ0n) is 15.3. The largest absolute Gasteiger partial charge is 0.416 e. The monoisotopic (exact) mass is 429 g/mol. The average Bonchev–Trinajstić information content (AvgIpc) is 3.24. The van der Waals surface area contributed by atoms with E-state index in [9.17, 15) is 22.8 Å². The minimum atomic E-state index is -4.52. The Hall–Kier alpha value is -3.46. The summed E-state index contributed by atoms with van der Waals surface area (Å²) in [6, 6.07) is 15.0. The minimum absolute atomic E-state index is 0.0119. The summed E-state index contributed by atoms with van der Waals surface area (Å²) in [6.45, 7) is -0.432. The topological polar surface area (TPSA) is 64.0 Å². The smallest absolute Gasteiger partial charge is 0.324 e. The van der Waals surface area contributed by atoms with Crippen molar-refractivity contribution in [3.8, 4) is 10.6 Å². The molecule has 0 atom stereocenters. The highest BCUT2D eigenvalue weighted by Crippen LogP contribution is 2.31. The maximum absolute atomic E-state index is 12.9. The lowest BCUT2D eigenvalue weighted by atomic mass is 10.1. The van der Waals surface area contributed by atoms with Crippen molar-refractivity contribution in [3.63, 3.8) is 0 Å². The van der Waals surface area contributed by atoms with Crippen LogP contribution in [0.25, 0.3) is 21.3 Å². The number of hydrogen-bond donors (Lipinski definition) is 1. The fourth-order valence-electron chi connectivity index (χ4n) is 3.05. The molecule has 1 N–H and O–H groups in total. The van der Waals surface area contributed by atoms with Crippen LogP contribution in [0.1, 0.15) is 5.56 Å². The second-order valence-corrected chi connectivity index (χ2v) is 7.41. The lowest BCUT2D eigenvalue weighted by Crippen LogP contribution is -2.30. The molecule has 5 nitrogen and oxygen atoms in total. The number of carbonyl (C=O) groups is 1. The molecule has 0 aliphatic rings. The first-order valence-electron chi connectivity index (χ1n) is 8.84. The number of halogens is 3. The van der Waals surface area contributed by atoms with Crippen molar-refractivity contribution in [2.45, 2.75) is 12.7 Å². The molecule has 0 fully saturated rings. The number of rotatable bonds is 4. The molecular weight excluding hydrogens is 415 g/mol. The molecule has 30 heavy (non-hydrogen) atoms. The van der Waals surface area contributed by atoms with Gasteiger partial charge in [-0.05, 0) is 35.7 Å². The molecule has 1 amide bonds. The number of alkyl halides is 3. The Kier molecular flexibility index (Phi) is 5.13. The van der Waals surface area contributed by atoms with Crippen molar-refractivity contribution in [3.05, 3.63) is 82.0 Å². The number of thiophene rings is 1. The second kappa shape index (κ2) is 7.75. The molecule has 0 radical (unpaired) electrons. The fraction of sp³-hybridized carbons (Fsp3) is 0.0952. The van der Waals surface area contributed by atoms with Crippen molar-refractivity contribution < 1.29 is 18.0 Å². The van der Waals surface area contributed by atoms with Gasteiger partial charge in [0, 0.05) is 11.1 Å². The number of fused-ring (bicyclic) bond motifs is 1. The number of nitrogens with zero attached hydrogens (tertiary/aromatic N) is 2. The molecule has 0 saturated carbocycles. The summed E-state index contributed by atoms with van der Waals surface area (Å²) in [5.74, 6) is -0.656. The zero-order chi connectivity index (χ0) is 21.3. The molecule has 152 valence electrons. The van der Waals surface area contributed by atoms with Gasteiger partial charge in [-0.15, -0.1) is 11.3 Å². The summed E-state index contributed by atoms with van der Waals surface area (Å²) in [4.78, 5) is 26.1. The van der Waals surface area contributed by atoms with E-state index in [-0.39, 0.29) is 5.69 Å². The third-order valence-electron chi connectivity index (χ3n) is 4.39. The summed E-state index contributed by atoms with van der Waals surface area (Å²) in [5, 5.41) is 9.70. The van der Waals surface area contributed by atoms with Gasteiger partial charge in [0.25, 0.3) is 5.56 Å². The number of carbonyl (C=O) groups excluding carboxylic acids is 1. The van der Waals surface area contributed by atoms with Crippen molar-refractivity contribution >= 4 is 33.7 Å². The van der Waals surface area contributed by atoms with Crippen LogP contribution in [0.15, 0.2) is 70.8 Å². The van der Waals surface area contributed by atoms with Crippen LogP contribution in [0.5, 0.6) is 0 Å². The van der Waals surface area contributed by atoms with Gasteiger partial charge in [-0.3, -0.25) is 9.59 Å². The molecule has 2 aromatic carbocycles. The predicted molar refractivity (Wildman–Crippen MR) is 109 cm³/mol. The highest BCUT2D eigenvalue weighted by Gasteiger charge is 2.30. The number of aromatic nitrogens is 2. The molecule has 0 bridgehead atoms. The van der Waals surface area contributed by atoms with Crippen LogP contribution < -0.4 is 10.9 Å². The van der Waals surface area contributed by atoms with Gasteiger partial charge < -0.3 is 5.32 Å². The molecule has 4 aromatic rings. The van der Waals surface area contributed by atoms with Gasteiger partial charge in [-0.2, -0.15) is 18.3 Å². The first-order valence-corrected chi connectivity index (χ1v) is 9.72. The Morgan fingerprint density at radius 3 is 2.50 bits per heavy atom. The van der Waals surface area contributed by atoms with Crippen molar-refractivity contribution in [2.24, 2.45) is 0 Å². The molecule has 0 saturated heterocycles. The summed E-state index contributed by atoms with van der Waals surface area (Å²) in [7, 11) is 0. The number of hydrogen-bond acceptors (Lipinski definition) is 4. The summed E-state index contributed by atoms with van der Waals surface area (Å²) < 4.78 is 39.6. The normalized spacial score (nSPS) is 11.6. The Balaban J connectivity index is 1.67. The molecule has 9 heteroatoms. The van der Waals surface area contributed by atoms with Gasteiger partial charge in [-0.25, -0.2) is 4.68 Å². The maximum Gasteiger partial charge on any atom is 0.416 e. The average molecular weight is 429 g/mol. The van der Waals surface area contributed by atoms with E-state index in [0.29, 0.717) is 16.5 Å². The summed E-state index contributed by atoms with van der Waals surface area (Å²) >= 11 is 1.45. The highest BCUT2D eigenvalue weighted by molar-refractivity contribution is 7.13. The van der Waals surface area contributed by atoms with Gasteiger partial charge >= 0.3 is 6.18 Å². The Labute approximate surface area is 172 Å². The third-order valence-corrected chi connectivity index (χ3v) is 5.27. The van der Waals surface area contributed by atoms with E-state index in [1.54, 1.807) is 24.3 Å². The van der Waals surface area contributed by atoms with Gasteiger partial charge in [0.05, 0.1) is 15.8 Å². The van der Waals surface area contributed by atoms with Crippen LogP contribution in [-0.4, -0.2) is 15.7 Å². The third kappa shape index (κ3) is 3.97. The fourth-order valence-corrected chi connectivity index (χ4v) is 3.77. The van der Waals surface area contributed by atoms with Crippen LogP contribution in [0.4, 0.5) is 18.9 Å². The van der Waals surface area contributed by atoms with Crippen LogP contribution in [0.2, 0.25) is 0 Å². The molecule has 2 aromatic heterocycles. The molecule has 2 heterocycles. The van der Waals surface area contributed by atoms with Gasteiger partial charge in [0.1, 0.15) is 12.2 Å². The van der Waals surface area contributed by atoms with Crippen molar-refractivity contribution in [1.29, 1.82) is 0 Å². The van der Waals surface area contributed by atoms with E-state index in [4.69, 9.17) is 0 Å². The standard InChI is InChI=1S/C21H14F3N3O2S/c22-21(23,24)13-5-3-6-14(11-13)25-18(28)12-27-20(29)16-8-2-1-7-15(16)19(26-27)17-9-4-10-30-17/h1-11H,12H2,(H,25,28). The Bertz CT molecular complexity index is 1280. The lowest BCUT2D eigenvalue weighted by Gasteiger charge is -2.12. The van der Waals surface area contributed by atoms with E-state index in [1.807, 2.05) is 17.5 Å².